The number of nitrogens with zero attached hydrogens (tertiary/aromatic N) is 1. The molecule has 2 aromatic rings. The molecule has 0 radical (unpaired) electrons. The number of benzene rings is 2. The molecular formula is C19H18Cl2N2O4. The number of carbonyl (C=O) groups excluding carboxylic acids is 2. The molecule has 3 rings (SSSR count). The van der Waals surface area contributed by atoms with E-state index in [0.29, 0.717) is 53.3 Å². The summed E-state index contributed by atoms with van der Waals surface area (Å²) in [5.41, 5.74) is 0.815. The zero-order chi connectivity index (χ0) is 19.2. The van der Waals surface area contributed by atoms with Crippen molar-refractivity contribution in [2.24, 2.45) is 0 Å². The van der Waals surface area contributed by atoms with Crippen LogP contribution >= 0.6 is 23.2 Å². The molecule has 0 aromatic heterocycles. The highest BCUT2D eigenvalue weighted by Crippen LogP contribution is 2.24. The molecule has 0 spiro atoms. The standard InChI is InChI=1S/C19H18Cl2N2O4/c20-14-2-4-15(5-3-14)27-12-18(24)22-17-11-13(1-6-16(17)21)19(25)23-7-9-26-10-8-23/h1-6,11H,7-10,12H2,(H,22,24). The maximum atomic E-state index is 12.6. The number of hydrogen-bond acceptors (Lipinski definition) is 4. The predicted molar refractivity (Wildman–Crippen MR) is 104 cm³/mol. The van der Waals surface area contributed by atoms with Gasteiger partial charge in [-0.15, -0.1) is 0 Å². The number of anilines is 1. The fourth-order valence-corrected chi connectivity index (χ4v) is 2.86. The lowest BCUT2D eigenvalue weighted by molar-refractivity contribution is -0.118. The van der Waals surface area contributed by atoms with E-state index in [2.05, 4.69) is 5.32 Å². The number of carbonyl (C=O) groups is 2. The van der Waals surface area contributed by atoms with Gasteiger partial charge >= 0.3 is 0 Å². The van der Waals surface area contributed by atoms with Crippen molar-refractivity contribution in [3.8, 4) is 5.75 Å². The highest BCUT2D eigenvalue weighted by molar-refractivity contribution is 6.34. The number of hydrogen-bond donors (Lipinski definition) is 1. The van der Waals surface area contributed by atoms with Crippen molar-refractivity contribution in [2.45, 2.75) is 0 Å². The third kappa shape index (κ3) is 5.35. The van der Waals surface area contributed by atoms with Crippen LogP contribution < -0.4 is 10.1 Å². The largest absolute Gasteiger partial charge is 0.484 e. The van der Waals surface area contributed by atoms with Gasteiger partial charge in [-0.25, -0.2) is 0 Å². The fourth-order valence-electron chi connectivity index (χ4n) is 2.57. The molecule has 1 saturated heterocycles. The van der Waals surface area contributed by atoms with E-state index in [0.717, 1.165) is 0 Å². The van der Waals surface area contributed by atoms with E-state index < -0.39 is 0 Å². The quantitative estimate of drug-likeness (QED) is 0.821. The van der Waals surface area contributed by atoms with Crippen LogP contribution in [0, 0.1) is 0 Å². The van der Waals surface area contributed by atoms with Gasteiger partial charge in [0.1, 0.15) is 5.75 Å². The summed E-state index contributed by atoms with van der Waals surface area (Å²) >= 11 is 12.0. The summed E-state index contributed by atoms with van der Waals surface area (Å²) < 4.78 is 10.7. The first-order chi connectivity index (χ1) is 13.0. The lowest BCUT2D eigenvalue weighted by Gasteiger charge is -2.27. The second kappa shape index (κ2) is 9.08. The molecular weight excluding hydrogens is 391 g/mol. The van der Waals surface area contributed by atoms with Gasteiger partial charge in [0.25, 0.3) is 11.8 Å². The van der Waals surface area contributed by atoms with Crippen molar-refractivity contribution in [2.75, 3.05) is 38.2 Å². The molecule has 1 N–H and O–H groups in total. The van der Waals surface area contributed by atoms with Crippen LogP contribution in [0.25, 0.3) is 0 Å². The van der Waals surface area contributed by atoms with Crippen molar-refractivity contribution >= 4 is 40.7 Å². The molecule has 0 atom stereocenters. The molecule has 2 amide bonds. The second-order valence-electron chi connectivity index (χ2n) is 5.89. The topological polar surface area (TPSA) is 67.9 Å². The highest BCUT2D eigenvalue weighted by Gasteiger charge is 2.19. The van der Waals surface area contributed by atoms with Gasteiger partial charge in [0.2, 0.25) is 0 Å². The SMILES string of the molecule is O=C(COc1ccc(Cl)cc1)Nc1cc(C(=O)N2CCOCC2)ccc1Cl. The fraction of sp³-hybridized carbons (Fsp3) is 0.263. The maximum absolute atomic E-state index is 12.6. The molecule has 0 unspecified atom stereocenters. The Morgan fingerprint density at radius 1 is 1.07 bits per heavy atom. The Hall–Kier alpha value is -2.28. The predicted octanol–water partition coefficient (Wildman–Crippen LogP) is 3.48. The molecule has 0 saturated carbocycles. The van der Waals surface area contributed by atoms with E-state index >= 15 is 0 Å². The monoisotopic (exact) mass is 408 g/mol. The molecule has 142 valence electrons. The molecule has 27 heavy (non-hydrogen) atoms. The smallest absolute Gasteiger partial charge is 0.262 e. The molecule has 2 aromatic carbocycles. The van der Waals surface area contributed by atoms with Crippen LogP contribution in [0.1, 0.15) is 10.4 Å². The zero-order valence-corrected chi connectivity index (χ0v) is 15.9. The van der Waals surface area contributed by atoms with Crippen LogP contribution in [0.15, 0.2) is 42.5 Å². The summed E-state index contributed by atoms with van der Waals surface area (Å²) in [4.78, 5) is 26.4. The third-order valence-corrected chi connectivity index (χ3v) is 4.55. The van der Waals surface area contributed by atoms with Gasteiger partial charge in [-0.2, -0.15) is 0 Å². The van der Waals surface area contributed by atoms with E-state index in [-0.39, 0.29) is 18.4 Å². The van der Waals surface area contributed by atoms with E-state index in [1.807, 2.05) is 0 Å². The number of halogens is 2. The van der Waals surface area contributed by atoms with Gasteiger partial charge in [0, 0.05) is 23.7 Å². The molecule has 6 nitrogen and oxygen atoms in total. The van der Waals surface area contributed by atoms with E-state index in [4.69, 9.17) is 32.7 Å². The van der Waals surface area contributed by atoms with Crippen LogP contribution in [0.3, 0.4) is 0 Å². The molecule has 0 aliphatic carbocycles. The Morgan fingerprint density at radius 2 is 1.78 bits per heavy atom. The minimum atomic E-state index is -0.386. The highest BCUT2D eigenvalue weighted by atomic mass is 35.5. The van der Waals surface area contributed by atoms with Crippen LogP contribution in [0.2, 0.25) is 10.0 Å². The number of morpholine rings is 1. The molecule has 1 fully saturated rings. The van der Waals surface area contributed by atoms with Crippen molar-refractivity contribution in [3.05, 3.63) is 58.1 Å². The van der Waals surface area contributed by atoms with Crippen LogP contribution in [-0.2, 0) is 9.53 Å². The molecule has 1 aliphatic rings. The number of nitrogens with one attached hydrogen (secondary N) is 1. The van der Waals surface area contributed by atoms with E-state index in [9.17, 15) is 9.59 Å². The summed E-state index contributed by atoms with van der Waals surface area (Å²) in [6.07, 6.45) is 0. The Kier molecular flexibility index (Phi) is 6.55. The average molecular weight is 409 g/mol. The summed E-state index contributed by atoms with van der Waals surface area (Å²) in [6, 6.07) is 11.5. The average Bonchev–Trinajstić information content (AvgIpc) is 2.69. The Balaban J connectivity index is 1.62. The molecule has 1 aliphatic heterocycles. The Bertz CT molecular complexity index is 821. The van der Waals surface area contributed by atoms with E-state index in [1.165, 1.54) is 0 Å². The molecule has 8 heteroatoms. The summed E-state index contributed by atoms with van der Waals surface area (Å²) in [5.74, 6) is 0.0163. The first-order valence-corrected chi connectivity index (χ1v) is 9.13. The van der Waals surface area contributed by atoms with Crippen LogP contribution in [0.5, 0.6) is 5.75 Å². The van der Waals surface area contributed by atoms with Crippen molar-refractivity contribution in [3.63, 3.8) is 0 Å². The van der Waals surface area contributed by atoms with Gasteiger partial charge in [-0.1, -0.05) is 23.2 Å². The summed E-state index contributed by atoms with van der Waals surface area (Å²) in [7, 11) is 0. The van der Waals surface area contributed by atoms with Crippen LogP contribution in [-0.4, -0.2) is 49.6 Å². The Morgan fingerprint density at radius 3 is 2.48 bits per heavy atom. The maximum Gasteiger partial charge on any atom is 0.262 e. The van der Waals surface area contributed by atoms with E-state index in [1.54, 1.807) is 47.4 Å². The minimum Gasteiger partial charge on any atom is -0.484 e. The molecule has 1 heterocycles. The van der Waals surface area contributed by atoms with Crippen molar-refractivity contribution < 1.29 is 19.1 Å². The normalized spacial score (nSPS) is 13.9. The van der Waals surface area contributed by atoms with Gasteiger partial charge < -0.3 is 19.7 Å². The van der Waals surface area contributed by atoms with Crippen LogP contribution in [0.4, 0.5) is 5.69 Å². The Labute approximate surface area is 167 Å². The van der Waals surface area contributed by atoms with Gasteiger partial charge in [0.15, 0.2) is 6.61 Å². The van der Waals surface area contributed by atoms with Gasteiger partial charge in [0.05, 0.1) is 23.9 Å². The number of ether oxygens (including phenoxy) is 2. The molecule has 0 bridgehead atoms. The number of rotatable bonds is 5. The van der Waals surface area contributed by atoms with Gasteiger partial charge in [-0.05, 0) is 42.5 Å². The van der Waals surface area contributed by atoms with Crippen molar-refractivity contribution in [1.29, 1.82) is 0 Å². The summed E-state index contributed by atoms with van der Waals surface area (Å²) in [6.45, 7) is 1.92. The zero-order valence-electron chi connectivity index (χ0n) is 14.4. The minimum absolute atomic E-state index is 0.122. The van der Waals surface area contributed by atoms with Crippen molar-refractivity contribution in [1.82, 2.24) is 4.90 Å². The first-order valence-electron chi connectivity index (χ1n) is 8.38. The second-order valence-corrected chi connectivity index (χ2v) is 6.73. The summed E-state index contributed by atoms with van der Waals surface area (Å²) in [5, 5.41) is 3.60. The number of amides is 2. The first kappa shape index (κ1) is 19.5. The third-order valence-electron chi connectivity index (χ3n) is 3.97. The lowest BCUT2D eigenvalue weighted by atomic mass is 10.1. The van der Waals surface area contributed by atoms with Gasteiger partial charge in [-0.3, -0.25) is 9.59 Å². The lowest BCUT2D eigenvalue weighted by Crippen LogP contribution is -2.40.